The number of fused-ring (bicyclic) bond motifs is 1. The van der Waals surface area contributed by atoms with Crippen LogP contribution in [-0.2, 0) is 0 Å². The van der Waals surface area contributed by atoms with E-state index in [-0.39, 0.29) is 5.56 Å². The summed E-state index contributed by atoms with van der Waals surface area (Å²) in [6.45, 7) is 3.71. The minimum absolute atomic E-state index is 0.172. The average molecular weight is 255 g/mol. The molecule has 0 amide bonds. The summed E-state index contributed by atoms with van der Waals surface area (Å²) in [6.07, 6.45) is 0. The number of nitrogens with one attached hydrogen (secondary N) is 1. The third kappa shape index (κ3) is 1.87. The topological polar surface area (TPSA) is 89.1 Å². The highest BCUT2D eigenvalue weighted by Crippen LogP contribution is 2.22. The zero-order valence-electron chi connectivity index (χ0n) is 10.6. The quantitative estimate of drug-likeness (QED) is 0.641. The first kappa shape index (κ1) is 11.5. The highest BCUT2D eigenvalue weighted by Gasteiger charge is 2.10. The Morgan fingerprint density at radius 1 is 1.21 bits per heavy atom. The van der Waals surface area contributed by atoms with Crippen LogP contribution in [0, 0.1) is 13.8 Å². The van der Waals surface area contributed by atoms with Gasteiger partial charge in [0.2, 0.25) is 0 Å². The molecule has 0 saturated carbocycles. The van der Waals surface area contributed by atoms with Gasteiger partial charge in [-0.3, -0.25) is 9.89 Å². The number of H-pyrrole nitrogens is 1. The first-order valence-electron chi connectivity index (χ1n) is 5.87. The van der Waals surface area contributed by atoms with Gasteiger partial charge in [0.15, 0.2) is 5.82 Å². The second-order valence-electron chi connectivity index (χ2n) is 4.52. The molecule has 0 aliphatic heterocycles. The summed E-state index contributed by atoms with van der Waals surface area (Å²) in [6, 6.07) is 7.01. The number of aryl methyl sites for hydroxylation is 2. The van der Waals surface area contributed by atoms with Gasteiger partial charge >= 0.3 is 0 Å². The predicted molar refractivity (Wildman–Crippen MR) is 72.9 cm³/mol. The van der Waals surface area contributed by atoms with Crippen LogP contribution < -0.4 is 11.3 Å². The first-order chi connectivity index (χ1) is 9.04. The molecule has 0 atom stereocenters. The van der Waals surface area contributed by atoms with E-state index in [0.717, 1.165) is 11.1 Å². The van der Waals surface area contributed by atoms with E-state index in [1.807, 2.05) is 19.1 Å². The summed E-state index contributed by atoms with van der Waals surface area (Å²) in [7, 11) is 0. The fraction of sp³-hybridized carbons (Fsp3) is 0.154. The van der Waals surface area contributed by atoms with E-state index < -0.39 is 0 Å². The first-order valence-corrected chi connectivity index (χ1v) is 5.87. The van der Waals surface area contributed by atoms with Crippen molar-refractivity contribution in [3.05, 3.63) is 45.9 Å². The minimum atomic E-state index is -0.172. The molecule has 0 aliphatic carbocycles. The number of rotatable bonds is 1. The van der Waals surface area contributed by atoms with Crippen LogP contribution in [0.3, 0.4) is 0 Å². The molecule has 19 heavy (non-hydrogen) atoms. The normalized spacial score (nSPS) is 11.1. The maximum atomic E-state index is 11.8. The van der Waals surface area contributed by atoms with Crippen LogP contribution in [0.2, 0.25) is 0 Å². The van der Waals surface area contributed by atoms with Crippen LogP contribution in [0.1, 0.15) is 11.3 Å². The van der Waals surface area contributed by atoms with Crippen LogP contribution in [0.4, 0.5) is 5.69 Å². The predicted octanol–water partition coefficient (Wildman–Crippen LogP) is 1.28. The number of hydrogen-bond acceptors (Lipinski definition) is 4. The molecule has 0 saturated heterocycles. The highest BCUT2D eigenvalue weighted by molar-refractivity contribution is 5.64. The van der Waals surface area contributed by atoms with Crippen molar-refractivity contribution in [1.82, 2.24) is 19.6 Å². The van der Waals surface area contributed by atoms with Gasteiger partial charge in [-0.2, -0.15) is 9.50 Å². The molecule has 2 heterocycles. The number of hydrogen-bond donors (Lipinski definition) is 2. The van der Waals surface area contributed by atoms with Crippen molar-refractivity contribution in [3.63, 3.8) is 0 Å². The van der Waals surface area contributed by atoms with E-state index >= 15 is 0 Å². The Hall–Kier alpha value is -2.63. The van der Waals surface area contributed by atoms with Crippen LogP contribution in [0.15, 0.2) is 29.1 Å². The summed E-state index contributed by atoms with van der Waals surface area (Å²) >= 11 is 0. The monoisotopic (exact) mass is 255 g/mol. The van der Waals surface area contributed by atoms with E-state index in [1.54, 1.807) is 13.0 Å². The van der Waals surface area contributed by atoms with Gasteiger partial charge in [-0.25, -0.2) is 4.98 Å². The summed E-state index contributed by atoms with van der Waals surface area (Å²) < 4.78 is 1.33. The fourth-order valence-corrected chi connectivity index (χ4v) is 2.07. The zero-order valence-corrected chi connectivity index (χ0v) is 10.6. The molecule has 6 nitrogen and oxygen atoms in total. The van der Waals surface area contributed by atoms with Crippen molar-refractivity contribution in [1.29, 1.82) is 0 Å². The fourth-order valence-electron chi connectivity index (χ4n) is 2.07. The third-order valence-corrected chi connectivity index (χ3v) is 2.96. The van der Waals surface area contributed by atoms with E-state index in [4.69, 9.17) is 5.73 Å². The highest BCUT2D eigenvalue weighted by atomic mass is 16.1. The van der Waals surface area contributed by atoms with Crippen molar-refractivity contribution in [2.45, 2.75) is 13.8 Å². The van der Waals surface area contributed by atoms with Crippen LogP contribution >= 0.6 is 0 Å². The van der Waals surface area contributed by atoms with Crippen molar-refractivity contribution >= 4 is 11.5 Å². The molecule has 3 N–H and O–H groups in total. The number of anilines is 1. The van der Waals surface area contributed by atoms with Crippen molar-refractivity contribution < 1.29 is 0 Å². The average Bonchev–Trinajstić information content (AvgIpc) is 2.72. The van der Waals surface area contributed by atoms with Gasteiger partial charge in [-0.1, -0.05) is 0 Å². The second-order valence-corrected chi connectivity index (χ2v) is 4.52. The maximum absolute atomic E-state index is 11.8. The Morgan fingerprint density at radius 3 is 2.74 bits per heavy atom. The van der Waals surface area contributed by atoms with Gasteiger partial charge in [0.05, 0.1) is 0 Å². The summed E-state index contributed by atoms with van der Waals surface area (Å²) in [5, 5.41) is 2.96. The lowest BCUT2D eigenvalue weighted by atomic mass is 10.1. The minimum Gasteiger partial charge on any atom is -0.399 e. The Bertz CT molecular complexity index is 831. The van der Waals surface area contributed by atoms with E-state index in [2.05, 4.69) is 15.1 Å². The summed E-state index contributed by atoms with van der Waals surface area (Å²) in [4.78, 5) is 20.4. The van der Waals surface area contributed by atoms with Crippen LogP contribution in [-0.4, -0.2) is 19.6 Å². The second kappa shape index (κ2) is 3.94. The summed E-state index contributed by atoms with van der Waals surface area (Å²) in [5.41, 5.74) is 8.79. The number of benzene rings is 1. The molecule has 0 fully saturated rings. The van der Waals surface area contributed by atoms with Gasteiger partial charge in [0.25, 0.3) is 11.3 Å². The molecular formula is C13H13N5O. The van der Waals surface area contributed by atoms with E-state index in [9.17, 15) is 4.79 Å². The lowest BCUT2D eigenvalue weighted by Crippen LogP contribution is -2.14. The number of nitrogen functional groups attached to an aromatic ring is 1. The lowest BCUT2D eigenvalue weighted by molar-refractivity contribution is 0.891. The zero-order chi connectivity index (χ0) is 13.6. The number of aromatic nitrogens is 4. The van der Waals surface area contributed by atoms with Gasteiger partial charge in [0, 0.05) is 23.0 Å². The van der Waals surface area contributed by atoms with Gasteiger partial charge in [-0.05, 0) is 37.6 Å². The van der Waals surface area contributed by atoms with Crippen LogP contribution in [0.25, 0.3) is 17.2 Å². The van der Waals surface area contributed by atoms with Gasteiger partial charge in [0.1, 0.15) is 0 Å². The molecule has 0 unspecified atom stereocenters. The maximum Gasteiger partial charge on any atom is 0.274 e. The third-order valence-electron chi connectivity index (χ3n) is 2.96. The van der Waals surface area contributed by atoms with Crippen molar-refractivity contribution in [2.24, 2.45) is 0 Å². The molecular weight excluding hydrogens is 242 g/mol. The molecule has 3 aromatic rings. The standard InChI is InChI=1S/C13H13N5O/c1-7-5-9(14)3-4-10(7)12-16-13-15-8(2)6-11(19)18(13)17-12/h3-6H,14H2,1-2H3,(H,15,16,17). The number of nitrogens with two attached hydrogens (primary N) is 1. The Labute approximate surface area is 108 Å². The summed E-state index contributed by atoms with van der Waals surface area (Å²) in [5.74, 6) is 0.976. The van der Waals surface area contributed by atoms with Gasteiger partial charge < -0.3 is 5.73 Å². The Morgan fingerprint density at radius 2 is 2.00 bits per heavy atom. The molecule has 0 radical (unpaired) electrons. The molecule has 3 rings (SSSR count). The van der Waals surface area contributed by atoms with E-state index in [0.29, 0.717) is 23.0 Å². The van der Waals surface area contributed by atoms with E-state index in [1.165, 1.54) is 10.6 Å². The van der Waals surface area contributed by atoms with Crippen LogP contribution in [0.5, 0.6) is 0 Å². The molecule has 2 aromatic heterocycles. The number of nitrogens with zero attached hydrogens (tertiary/aromatic N) is 3. The SMILES string of the molecule is Cc1cc(=O)n2[nH]c(-c3ccc(N)cc3C)nc2n1. The smallest absolute Gasteiger partial charge is 0.274 e. The molecule has 0 bridgehead atoms. The van der Waals surface area contributed by atoms with Crippen molar-refractivity contribution in [3.8, 4) is 11.4 Å². The van der Waals surface area contributed by atoms with Crippen molar-refractivity contribution in [2.75, 3.05) is 5.73 Å². The molecule has 1 aromatic carbocycles. The molecule has 96 valence electrons. The lowest BCUT2D eigenvalue weighted by Gasteiger charge is -2.02. The molecule has 6 heteroatoms. The van der Waals surface area contributed by atoms with Gasteiger partial charge in [-0.15, -0.1) is 0 Å². The Kier molecular flexibility index (Phi) is 2.38. The number of aromatic amines is 1. The Balaban J connectivity index is 2.26. The molecule has 0 spiro atoms. The molecule has 0 aliphatic rings. The largest absolute Gasteiger partial charge is 0.399 e.